The normalized spacial score (nSPS) is 24.6. The van der Waals surface area contributed by atoms with Crippen LogP contribution in [0.3, 0.4) is 0 Å². The molecule has 3 heterocycles. The Balaban J connectivity index is 1.30. The first-order chi connectivity index (χ1) is 16.3. The maximum Gasteiger partial charge on any atom is 0.410 e. The third-order valence-electron chi connectivity index (χ3n) is 6.27. The van der Waals surface area contributed by atoms with Crippen LogP contribution in [0.5, 0.6) is 17.5 Å². The van der Waals surface area contributed by atoms with Crippen LogP contribution in [0, 0.1) is 18.4 Å². The van der Waals surface area contributed by atoms with E-state index in [9.17, 15) is 4.79 Å². The number of fused-ring (bicyclic) bond motifs is 2. The van der Waals surface area contributed by atoms with Crippen molar-refractivity contribution >= 4 is 35.0 Å². The molecular weight excluding hydrogens is 483 g/mol. The fourth-order valence-electron chi connectivity index (χ4n) is 4.16. The molecule has 178 valence electrons. The van der Waals surface area contributed by atoms with E-state index in [2.05, 4.69) is 14.8 Å². The summed E-state index contributed by atoms with van der Waals surface area (Å²) in [6, 6.07) is 4.66. The van der Waals surface area contributed by atoms with Gasteiger partial charge in [0.15, 0.2) is 10.7 Å². The Bertz CT molecular complexity index is 1140. The third-order valence-corrected chi connectivity index (χ3v) is 6.89. The molecule has 11 heteroatoms. The molecule has 2 unspecified atom stereocenters. The number of benzene rings is 1. The first-order valence-electron chi connectivity index (χ1n) is 10.9. The molecule has 2 bridgehead atoms. The minimum atomic E-state index is -0.319. The summed E-state index contributed by atoms with van der Waals surface area (Å²) in [6.07, 6.45) is 2.58. The smallest absolute Gasteiger partial charge is 0.410 e. The van der Waals surface area contributed by atoms with Crippen LogP contribution < -0.4 is 9.47 Å². The number of rotatable bonds is 5. The Labute approximate surface area is 206 Å². The fraction of sp³-hybridized carbons (Fsp3) is 0.478. The number of ether oxygens (including phenoxy) is 4. The highest BCUT2D eigenvalue weighted by atomic mass is 35.5. The molecule has 1 saturated carbocycles. The van der Waals surface area contributed by atoms with Gasteiger partial charge in [0.25, 0.3) is 0 Å². The molecule has 34 heavy (non-hydrogen) atoms. The number of nitrogens with zero attached hydrogens (tertiary/aromatic N) is 4. The van der Waals surface area contributed by atoms with Gasteiger partial charge in [0.05, 0.1) is 24.8 Å². The largest absolute Gasteiger partial charge is 0.472 e. The summed E-state index contributed by atoms with van der Waals surface area (Å²) in [4.78, 5) is 26.0. The summed E-state index contributed by atoms with van der Waals surface area (Å²) in [5.41, 5.74) is 0.0745. The van der Waals surface area contributed by atoms with E-state index < -0.39 is 0 Å². The number of carbonyl (C=O) groups excluding carboxylic acids is 1. The van der Waals surface area contributed by atoms with E-state index in [1.807, 2.05) is 6.92 Å². The van der Waals surface area contributed by atoms with Crippen molar-refractivity contribution in [3.8, 4) is 17.5 Å². The molecule has 1 aromatic carbocycles. The van der Waals surface area contributed by atoms with Crippen molar-refractivity contribution in [3.63, 3.8) is 0 Å². The third kappa shape index (κ3) is 4.71. The van der Waals surface area contributed by atoms with Crippen molar-refractivity contribution in [1.29, 1.82) is 0 Å². The van der Waals surface area contributed by atoms with Gasteiger partial charge in [0, 0.05) is 24.9 Å². The lowest BCUT2D eigenvalue weighted by atomic mass is 9.84. The number of hydrogen-bond acceptors (Lipinski definition) is 7. The highest BCUT2D eigenvalue weighted by molar-refractivity contribution is 6.33. The Kier molecular flexibility index (Phi) is 6.15. The van der Waals surface area contributed by atoms with Crippen molar-refractivity contribution in [2.24, 2.45) is 11.8 Å². The Hall–Kier alpha value is -2.80. The standard InChI is InChI=1S/C23H22Cl2N4O5/c1-23(5-6-23)34-22(30)29-8-13-10-31-11-14(9-29)19(13)33-21-18(25)20(27-12-28-21)32-17-4-3-15(26-2)7-16(17)24/h3-4,7,12-14,19H,5-6,8-11H2,1H3. The SMILES string of the molecule is [C-]#[N+]c1ccc(Oc2ncnc(OC3C4COCC3CN(C(=O)OC3(C)CC3)C4)c2Cl)c(Cl)c1. The van der Waals surface area contributed by atoms with Gasteiger partial charge in [0.2, 0.25) is 11.8 Å². The Morgan fingerprint density at radius 3 is 2.56 bits per heavy atom. The fourth-order valence-corrected chi connectivity index (χ4v) is 4.56. The zero-order valence-corrected chi connectivity index (χ0v) is 19.9. The maximum atomic E-state index is 12.6. The molecule has 0 spiro atoms. The predicted molar refractivity (Wildman–Crippen MR) is 123 cm³/mol. The van der Waals surface area contributed by atoms with Crippen LogP contribution in [0.25, 0.3) is 4.85 Å². The number of amides is 1. The van der Waals surface area contributed by atoms with Crippen LogP contribution in [0.2, 0.25) is 10.0 Å². The highest BCUT2D eigenvalue weighted by Crippen LogP contribution is 2.41. The van der Waals surface area contributed by atoms with Gasteiger partial charge in [-0.15, -0.1) is 0 Å². The second-order valence-corrected chi connectivity index (χ2v) is 9.77. The molecule has 1 amide bonds. The number of hydrogen-bond donors (Lipinski definition) is 0. The summed E-state index contributed by atoms with van der Waals surface area (Å²) in [5, 5.41) is 0.368. The van der Waals surface area contributed by atoms with Gasteiger partial charge >= 0.3 is 6.09 Å². The topological polar surface area (TPSA) is 87.4 Å². The van der Waals surface area contributed by atoms with Gasteiger partial charge in [-0.05, 0) is 31.9 Å². The van der Waals surface area contributed by atoms with E-state index in [0.717, 1.165) is 12.8 Å². The van der Waals surface area contributed by atoms with Crippen LogP contribution >= 0.6 is 23.2 Å². The lowest BCUT2D eigenvalue weighted by Gasteiger charge is -2.46. The van der Waals surface area contributed by atoms with Crippen molar-refractivity contribution in [3.05, 3.63) is 46.0 Å². The van der Waals surface area contributed by atoms with Crippen LogP contribution in [-0.2, 0) is 9.47 Å². The Morgan fingerprint density at radius 2 is 1.91 bits per heavy atom. The van der Waals surface area contributed by atoms with Gasteiger partial charge in [-0.2, -0.15) is 4.98 Å². The van der Waals surface area contributed by atoms with Gasteiger partial charge in [-0.1, -0.05) is 29.3 Å². The molecule has 2 aromatic rings. The van der Waals surface area contributed by atoms with Crippen molar-refractivity contribution in [1.82, 2.24) is 14.9 Å². The predicted octanol–water partition coefficient (Wildman–Crippen LogP) is 5.14. The quantitative estimate of drug-likeness (QED) is 0.520. The zero-order chi connectivity index (χ0) is 23.9. The van der Waals surface area contributed by atoms with E-state index in [1.165, 1.54) is 12.4 Å². The molecule has 9 nitrogen and oxygen atoms in total. The number of piperidine rings is 1. The lowest BCUT2D eigenvalue weighted by Crippen LogP contribution is -2.59. The monoisotopic (exact) mass is 504 g/mol. The molecule has 1 aliphatic carbocycles. The molecule has 3 aliphatic rings. The van der Waals surface area contributed by atoms with Crippen molar-refractivity contribution in [2.75, 3.05) is 26.3 Å². The van der Waals surface area contributed by atoms with Crippen LogP contribution in [0.15, 0.2) is 24.5 Å². The van der Waals surface area contributed by atoms with Crippen molar-refractivity contribution in [2.45, 2.75) is 31.5 Å². The summed E-state index contributed by atoms with van der Waals surface area (Å²) >= 11 is 12.7. The van der Waals surface area contributed by atoms with E-state index >= 15 is 0 Å². The second-order valence-electron chi connectivity index (χ2n) is 8.99. The number of halogens is 2. The van der Waals surface area contributed by atoms with Crippen molar-refractivity contribution < 1.29 is 23.7 Å². The highest BCUT2D eigenvalue weighted by Gasteiger charge is 2.47. The molecule has 0 N–H and O–H groups in total. The van der Waals surface area contributed by atoms with Gasteiger partial charge < -0.3 is 23.8 Å². The molecule has 2 saturated heterocycles. The number of carbonyl (C=O) groups is 1. The van der Waals surface area contributed by atoms with Gasteiger partial charge in [0.1, 0.15) is 23.8 Å². The minimum absolute atomic E-state index is 0.0573. The van der Waals surface area contributed by atoms with Gasteiger partial charge in [-0.3, -0.25) is 0 Å². The van der Waals surface area contributed by atoms with E-state index in [1.54, 1.807) is 17.0 Å². The number of aromatic nitrogens is 2. The first kappa shape index (κ1) is 23.0. The molecule has 1 aromatic heterocycles. The molecule has 2 atom stereocenters. The second kappa shape index (κ2) is 9.10. The zero-order valence-electron chi connectivity index (χ0n) is 18.4. The summed E-state index contributed by atoms with van der Waals surface area (Å²) in [6.45, 7) is 10.9. The van der Waals surface area contributed by atoms with E-state index in [-0.39, 0.29) is 51.4 Å². The minimum Gasteiger partial charge on any atom is -0.472 e. The van der Waals surface area contributed by atoms with Crippen LogP contribution in [0.4, 0.5) is 10.5 Å². The van der Waals surface area contributed by atoms with Crippen LogP contribution in [0.1, 0.15) is 19.8 Å². The lowest BCUT2D eigenvalue weighted by molar-refractivity contribution is -0.111. The maximum absolute atomic E-state index is 12.6. The van der Waals surface area contributed by atoms with Crippen LogP contribution in [-0.4, -0.2) is 59.0 Å². The first-order valence-corrected chi connectivity index (χ1v) is 11.7. The van der Waals surface area contributed by atoms with E-state index in [0.29, 0.717) is 37.7 Å². The molecular formula is C23H22Cl2N4O5. The Morgan fingerprint density at radius 1 is 1.21 bits per heavy atom. The number of likely N-dealkylation sites (tertiary alicyclic amines) is 1. The molecule has 3 fully saturated rings. The summed E-state index contributed by atoms with van der Waals surface area (Å²) in [7, 11) is 0. The van der Waals surface area contributed by atoms with E-state index in [4.69, 9.17) is 48.7 Å². The summed E-state index contributed by atoms with van der Waals surface area (Å²) in [5.74, 6) is 0.464. The molecule has 5 rings (SSSR count). The average molecular weight is 505 g/mol. The van der Waals surface area contributed by atoms with Gasteiger partial charge in [-0.25, -0.2) is 14.6 Å². The molecule has 0 radical (unpaired) electrons. The summed E-state index contributed by atoms with van der Waals surface area (Å²) < 4.78 is 23.4. The molecule has 2 aliphatic heterocycles. The average Bonchev–Trinajstić information content (AvgIpc) is 3.53.